The smallest absolute Gasteiger partial charge is 0.254 e. The summed E-state index contributed by atoms with van der Waals surface area (Å²) in [6.07, 6.45) is 7.56. The highest BCUT2D eigenvalue weighted by atomic mass is 32.1. The van der Waals surface area contributed by atoms with Gasteiger partial charge in [0.15, 0.2) is 16.6 Å². The molecular weight excluding hydrogens is 486 g/mol. The molecule has 0 saturated carbocycles. The summed E-state index contributed by atoms with van der Waals surface area (Å²) in [5.74, 6) is 1.57. The number of hydrogen-bond donors (Lipinski definition) is 1. The molecule has 2 atom stereocenters. The van der Waals surface area contributed by atoms with Crippen molar-refractivity contribution in [2.24, 2.45) is 5.92 Å². The van der Waals surface area contributed by atoms with Crippen LogP contribution in [0.15, 0.2) is 60.7 Å². The third kappa shape index (κ3) is 4.53. The van der Waals surface area contributed by atoms with Gasteiger partial charge < -0.3 is 19.7 Å². The van der Waals surface area contributed by atoms with Crippen LogP contribution in [0.25, 0.3) is 5.57 Å². The fourth-order valence-electron chi connectivity index (χ4n) is 5.24. The number of nitrogens with one attached hydrogen (secondary N) is 1. The van der Waals surface area contributed by atoms with E-state index in [1.54, 1.807) is 0 Å². The highest BCUT2D eigenvalue weighted by Crippen LogP contribution is 2.37. The van der Waals surface area contributed by atoms with Gasteiger partial charge in [-0.15, -0.1) is 11.3 Å². The SMILES string of the molecule is Cc1ccccc1C(=O)N1CCC2C=C(c3nc(NC(=O)Cc4ccc5c(c4)OCO5)sc3C)C=CC21. The Morgan fingerprint density at radius 2 is 1.97 bits per heavy atom. The molecule has 1 N–H and O–H groups in total. The van der Waals surface area contributed by atoms with Crippen LogP contribution in [0.4, 0.5) is 5.13 Å². The number of hydrogen-bond acceptors (Lipinski definition) is 6. The molecule has 0 radical (unpaired) electrons. The Morgan fingerprint density at radius 1 is 1.14 bits per heavy atom. The van der Waals surface area contributed by atoms with Gasteiger partial charge in [-0.3, -0.25) is 9.59 Å². The second-order valence-electron chi connectivity index (χ2n) is 9.57. The first-order valence-corrected chi connectivity index (χ1v) is 13.2. The number of aryl methyl sites for hydroxylation is 2. The van der Waals surface area contributed by atoms with Crippen LogP contribution in [0.1, 0.15) is 38.5 Å². The number of anilines is 1. The third-order valence-electron chi connectivity index (χ3n) is 7.12. The monoisotopic (exact) mass is 513 g/mol. The molecule has 0 bridgehead atoms. The molecule has 6 rings (SSSR count). The van der Waals surface area contributed by atoms with Crippen molar-refractivity contribution < 1.29 is 19.1 Å². The molecule has 2 amide bonds. The average molecular weight is 514 g/mol. The number of rotatable bonds is 5. The molecule has 7 nitrogen and oxygen atoms in total. The van der Waals surface area contributed by atoms with Crippen molar-refractivity contribution in [1.82, 2.24) is 9.88 Å². The van der Waals surface area contributed by atoms with Crippen LogP contribution >= 0.6 is 11.3 Å². The Kier molecular flexibility index (Phi) is 6.04. The first kappa shape index (κ1) is 23.5. The first-order chi connectivity index (χ1) is 18.0. The quantitative estimate of drug-likeness (QED) is 0.510. The Labute approximate surface area is 219 Å². The van der Waals surface area contributed by atoms with Gasteiger partial charge in [0.05, 0.1) is 18.2 Å². The molecule has 2 aliphatic heterocycles. The van der Waals surface area contributed by atoms with Crippen LogP contribution in [0.2, 0.25) is 0 Å². The van der Waals surface area contributed by atoms with E-state index in [1.807, 2.05) is 61.2 Å². The third-order valence-corrected chi connectivity index (χ3v) is 8.01. The van der Waals surface area contributed by atoms with Crippen molar-refractivity contribution >= 4 is 33.9 Å². The maximum Gasteiger partial charge on any atom is 0.254 e. The first-order valence-electron chi connectivity index (χ1n) is 12.4. The number of thiazole rings is 1. The summed E-state index contributed by atoms with van der Waals surface area (Å²) >= 11 is 1.47. The second-order valence-corrected chi connectivity index (χ2v) is 10.8. The van der Waals surface area contributed by atoms with E-state index in [0.717, 1.165) is 45.8 Å². The predicted octanol–water partition coefficient (Wildman–Crippen LogP) is 5.15. The highest BCUT2D eigenvalue weighted by Gasteiger charge is 2.37. The van der Waals surface area contributed by atoms with Gasteiger partial charge in [0, 0.05) is 22.9 Å². The molecular formula is C29H27N3O4S. The summed E-state index contributed by atoms with van der Waals surface area (Å²) in [5.41, 5.74) is 4.53. The minimum absolute atomic E-state index is 0.0515. The molecule has 188 valence electrons. The number of benzene rings is 2. The predicted molar refractivity (Wildman–Crippen MR) is 143 cm³/mol. The summed E-state index contributed by atoms with van der Waals surface area (Å²) in [4.78, 5) is 33.7. The normalized spacial score (nSPS) is 19.5. The second kappa shape index (κ2) is 9.52. The van der Waals surface area contributed by atoms with Crippen molar-refractivity contribution in [3.8, 4) is 11.5 Å². The molecule has 1 aromatic heterocycles. The van der Waals surface area contributed by atoms with Gasteiger partial charge in [0.25, 0.3) is 5.91 Å². The summed E-state index contributed by atoms with van der Waals surface area (Å²) in [5, 5.41) is 3.52. The fraction of sp³-hybridized carbons (Fsp3) is 0.276. The van der Waals surface area contributed by atoms with Gasteiger partial charge >= 0.3 is 0 Å². The van der Waals surface area contributed by atoms with Crippen LogP contribution < -0.4 is 14.8 Å². The number of allylic oxidation sites excluding steroid dienone is 2. The molecule has 2 aromatic carbocycles. The van der Waals surface area contributed by atoms with E-state index in [1.165, 1.54) is 11.3 Å². The average Bonchev–Trinajstić information content (AvgIpc) is 3.61. The van der Waals surface area contributed by atoms with Crippen LogP contribution in [-0.2, 0) is 11.2 Å². The lowest BCUT2D eigenvalue weighted by Crippen LogP contribution is -2.37. The van der Waals surface area contributed by atoms with E-state index >= 15 is 0 Å². The number of amides is 2. The lowest BCUT2D eigenvalue weighted by Gasteiger charge is -2.27. The Balaban J connectivity index is 1.13. The Bertz CT molecular complexity index is 1460. The van der Waals surface area contributed by atoms with Crippen molar-refractivity contribution in [3.05, 3.63) is 88.0 Å². The maximum atomic E-state index is 13.2. The standard InChI is InChI=1S/C29H27N3O4S/c1-17-5-3-4-6-22(17)28(34)32-12-11-20-15-21(8-9-23(20)32)27-18(2)37-29(31-27)30-26(33)14-19-7-10-24-25(13-19)36-16-35-24/h3-10,13,15,20,23H,11-12,14,16H2,1-2H3,(H,30,31,33). The molecule has 3 aliphatic rings. The molecule has 0 spiro atoms. The number of carbonyl (C=O) groups is 2. The molecule has 3 aromatic rings. The molecule has 37 heavy (non-hydrogen) atoms. The maximum absolute atomic E-state index is 13.2. The lowest BCUT2D eigenvalue weighted by molar-refractivity contribution is -0.115. The topological polar surface area (TPSA) is 80.8 Å². The highest BCUT2D eigenvalue weighted by molar-refractivity contribution is 7.15. The molecule has 8 heteroatoms. The van der Waals surface area contributed by atoms with E-state index in [4.69, 9.17) is 14.5 Å². The van der Waals surface area contributed by atoms with Gasteiger partial charge in [-0.2, -0.15) is 0 Å². The number of nitrogens with zero attached hydrogens (tertiary/aromatic N) is 2. The van der Waals surface area contributed by atoms with Crippen molar-refractivity contribution in [3.63, 3.8) is 0 Å². The zero-order valence-corrected chi connectivity index (χ0v) is 21.5. The molecule has 3 heterocycles. The minimum Gasteiger partial charge on any atom is -0.454 e. The molecule has 1 aliphatic carbocycles. The van der Waals surface area contributed by atoms with Crippen molar-refractivity contribution in [2.45, 2.75) is 32.7 Å². The van der Waals surface area contributed by atoms with E-state index in [-0.39, 0.29) is 37.0 Å². The lowest BCUT2D eigenvalue weighted by atomic mass is 9.90. The van der Waals surface area contributed by atoms with Gasteiger partial charge in [0.2, 0.25) is 12.7 Å². The summed E-state index contributed by atoms with van der Waals surface area (Å²) in [6.45, 7) is 4.93. The number of carbonyl (C=O) groups excluding carboxylic acids is 2. The summed E-state index contributed by atoms with van der Waals surface area (Å²) < 4.78 is 10.7. The van der Waals surface area contributed by atoms with Crippen LogP contribution in [0.5, 0.6) is 11.5 Å². The van der Waals surface area contributed by atoms with Crippen molar-refractivity contribution in [1.29, 1.82) is 0 Å². The van der Waals surface area contributed by atoms with Crippen LogP contribution in [0.3, 0.4) is 0 Å². The fourth-order valence-corrected chi connectivity index (χ4v) is 6.09. The number of likely N-dealkylation sites (tertiary alicyclic amines) is 1. The van der Waals surface area contributed by atoms with E-state index < -0.39 is 0 Å². The van der Waals surface area contributed by atoms with E-state index in [2.05, 4.69) is 23.5 Å². The molecule has 1 fully saturated rings. The van der Waals surface area contributed by atoms with E-state index in [9.17, 15) is 9.59 Å². The number of ether oxygens (including phenoxy) is 2. The zero-order valence-electron chi connectivity index (χ0n) is 20.7. The zero-order chi connectivity index (χ0) is 25.5. The van der Waals surface area contributed by atoms with Gasteiger partial charge in [0.1, 0.15) is 0 Å². The van der Waals surface area contributed by atoms with Crippen LogP contribution in [-0.4, -0.2) is 41.1 Å². The van der Waals surface area contributed by atoms with Gasteiger partial charge in [-0.1, -0.05) is 42.5 Å². The molecule has 1 saturated heterocycles. The van der Waals surface area contributed by atoms with Crippen LogP contribution in [0, 0.1) is 19.8 Å². The Hall–Kier alpha value is -3.91. The summed E-state index contributed by atoms with van der Waals surface area (Å²) in [7, 11) is 0. The number of aromatic nitrogens is 1. The van der Waals surface area contributed by atoms with Gasteiger partial charge in [-0.05, 0) is 55.2 Å². The molecule has 2 unspecified atom stereocenters. The summed E-state index contributed by atoms with van der Waals surface area (Å²) in [6, 6.07) is 13.3. The largest absolute Gasteiger partial charge is 0.454 e. The van der Waals surface area contributed by atoms with Crippen molar-refractivity contribution in [2.75, 3.05) is 18.7 Å². The number of fused-ring (bicyclic) bond motifs is 2. The van der Waals surface area contributed by atoms with Gasteiger partial charge in [-0.25, -0.2) is 4.98 Å². The Morgan fingerprint density at radius 3 is 2.84 bits per heavy atom. The minimum atomic E-state index is -0.131. The van der Waals surface area contributed by atoms with E-state index in [0.29, 0.717) is 16.6 Å².